The van der Waals surface area contributed by atoms with E-state index in [1.165, 1.54) is 11.3 Å². The highest BCUT2D eigenvalue weighted by molar-refractivity contribution is 7.14. The number of carbonyl (C=O) groups is 1. The summed E-state index contributed by atoms with van der Waals surface area (Å²) in [6.07, 6.45) is 0. The van der Waals surface area contributed by atoms with E-state index in [0.717, 1.165) is 21.7 Å². The number of hydrogen-bond acceptors (Lipinski definition) is 3. The molecule has 0 aliphatic carbocycles. The number of thiazole rings is 1. The first-order valence-corrected chi connectivity index (χ1v) is 9.33. The quantitative estimate of drug-likeness (QED) is 0.580. The maximum atomic E-state index is 11.3. The van der Waals surface area contributed by atoms with Crippen LogP contribution >= 0.6 is 11.3 Å². The molecule has 0 saturated heterocycles. The summed E-state index contributed by atoms with van der Waals surface area (Å²) in [5.41, 5.74) is 3.61. The Bertz CT molecular complexity index is 777. The van der Waals surface area contributed by atoms with E-state index in [1.54, 1.807) is 0 Å². The van der Waals surface area contributed by atoms with Crippen LogP contribution < -0.4 is 0 Å². The van der Waals surface area contributed by atoms with Crippen LogP contribution in [-0.4, -0.2) is 16.1 Å². The van der Waals surface area contributed by atoms with Crippen LogP contribution in [0.5, 0.6) is 0 Å². The Kier molecular flexibility index (Phi) is 8.57. The van der Waals surface area contributed by atoms with E-state index in [-0.39, 0.29) is 0 Å². The highest BCUT2D eigenvalue weighted by Crippen LogP contribution is 2.29. The van der Waals surface area contributed by atoms with Gasteiger partial charge in [-0.05, 0) is 18.1 Å². The lowest BCUT2D eigenvalue weighted by Gasteiger charge is -2.03. The summed E-state index contributed by atoms with van der Waals surface area (Å²) in [5, 5.41) is 10.0. The summed E-state index contributed by atoms with van der Waals surface area (Å²) < 4.78 is 0. The predicted octanol–water partition coefficient (Wildman–Crippen LogP) is 6.54. The van der Waals surface area contributed by atoms with Crippen molar-refractivity contribution >= 4 is 17.3 Å². The molecule has 0 aliphatic rings. The minimum Gasteiger partial charge on any atom is -0.477 e. The zero-order chi connectivity index (χ0) is 18.8. The van der Waals surface area contributed by atoms with Gasteiger partial charge >= 0.3 is 5.97 Å². The molecular formula is C21H25NO2S. The monoisotopic (exact) mass is 355 g/mol. The molecule has 3 aromatic rings. The summed E-state index contributed by atoms with van der Waals surface area (Å²) in [6, 6.07) is 17.9. The SMILES string of the molecule is CC.CC.Cc1nc(-c2ccc(-c3ccccc3)cc2)c(C(=O)O)s1. The summed E-state index contributed by atoms with van der Waals surface area (Å²) >= 11 is 1.21. The number of aromatic carboxylic acids is 1. The first-order valence-electron chi connectivity index (χ1n) is 8.52. The second-order valence-electron chi connectivity index (χ2n) is 4.66. The maximum absolute atomic E-state index is 11.3. The van der Waals surface area contributed by atoms with Crippen LogP contribution in [0, 0.1) is 6.92 Å². The Hall–Kier alpha value is -2.46. The van der Waals surface area contributed by atoms with Crippen LogP contribution in [0.2, 0.25) is 0 Å². The lowest BCUT2D eigenvalue weighted by Crippen LogP contribution is -1.95. The molecule has 0 unspecified atom stereocenters. The summed E-state index contributed by atoms with van der Waals surface area (Å²) in [7, 11) is 0. The average molecular weight is 356 g/mol. The van der Waals surface area contributed by atoms with Crippen molar-refractivity contribution in [1.29, 1.82) is 0 Å². The Morgan fingerprint density at radius 3 is 1.84 bits per heavy atom. The van der Waals surface area contributed by atoms with Crippen LogP contribution in [0.25, 0.3) is 22.4 Å². The van der Waals surface area contributed by atoms with Crippen molar-refractivity contribution in [3.63, 3.8) is 0 Å². The summed E-state index contributed by atoms with van der Waals surface area (Å²) in [5.74, 6) is -0.928. The molecule has 2 aromatic carbocycles. The van der Waals surface area contributed by atoms with Gasteiger partial charge in [-0.25, -0.2) is 9.78 Å². The maximum Gasteiger partial charge on any atom is 0.348 e. The van der Waals surface area contributed by atoms with Gasteiger partial charge in [0.05, 0.1) is 10.7 Å². The van der Waals surface area contributed by atoms with Gasteiger partial charge in [-0.15, -0.1) is 11.3 Å². The Balaban J connectivity index is 0.000000730. The molecule has 0 radical (unpaired) electrons. The molecular weight excluding hydrogens is 330 g/mol. The minimum atomic E-state index is -0.928. The Morgan fingerprint density at radius 2 is 1.32 bits per heavy atom. The van der Waals surface area contributed by atoms with E-state index in [9.17, 15) is 9.90 Å². The van der Waals surface area contributed by atoms with Crippen LogP contribution in [0.1, 0.15) is 42.4 Å². The van der Waals surface area contributed by atoms with Gasteiger partial charge < -0.3 is 5.11 Å². The number of carboxylic acid groups (broad SMARTS) is 1. The van der Waals surface area contributed by atoms with Crippen molar-refractivity contribution in [2.24, 2.45) is 0 Å². The van der Waals surface area contributed by atoms with Gasteiger partial charge in [-0.1, -0.05) is 82.3 Å². The van der Waals surface area contributed by atoms with E-state index in [4.69, 9.17) is 0 Å². The molecule has 132 valence electrons. The molecule has 0 fully saturated rings. The average Bonchev–Trinajstić information content (AvgIpc) is 3.08. The van der Waals surface area contributed by atoms with Crippen molar-refractivity contribution in [3.05, 3.63) is 64.5 Å². The number of hydrogen-bond donors (Lipinski definition) is 1. The van der Waals surface area contributed by atoms with Crippen LogP contribution in [0.4, 0.5) is 0 Å². The fraction of sp³-hybridized carbons (Fsp3) is 0.238. The van der Waals surface area contributed by atoms with Crippen LogP contribution in [0.3, 0.4) is 0 Å². The van der Waals surface area contributed by atoms with E-state index in [2.05, 4.69) is 4.98 Å². The molecule has 0 atom stereocenters. The molecule has 3 rings (SSSR count). The molecule has 0 saturated carbocycles. The number of benzene rings is 2. The van der Waals surface area contributed by atoms with Gasteiger partial charge in [0.2, 0.25) is 0 Å². The first-order chi connectivity index (χ1) is 12.1. The number of aromatic nitrogens is 1. The molecule has 0 amide bonds. The van der Waals surface area contributed by atoms with Crippen molar-refractivity contribution in [3.8, 4) is 22.4 Å². The van der Waals surface area contributed by atoms with Gasteiger partial charge in [-0.3, -0.25) is 0 Å². The van der Waals surface area contributed by atoms with Crippen molar-refractivity contribution in [2.45, 2.75) is 34.6 Å². The molecule has 1 aromatic heterocycles. The number of nitrogens with zero attached hydrogens (tertiary/aromatic N) is 1. The van der Waals surface area contributed by atoms with E-state index in [1.807, 2.05) is 89.2 Å². The van der Waals surface area contributed by atoms with Gasteiger partial charge in [0.1, 0.15) is 4.88 Å². The lowest BCUT2D eigenvalue weighted by molar-refractivity contribution is 0.0702. The Morgan fingerprint density at radius 1 is 0.840 bits per heavy atom. The summed E-state index contributed by atoms with van der Waals surface area (Å²) in [6.45, 7) is 9.82. The van der Waals surface area contributed by atoms with E-state index >= 15 is 0 Å². The third-order valence-electron chi connectivity index (χ3n) is 3.19. The molecule has 1 N–H and O–H groups in total. The van der Waals surface area contributed by atoms with Gasteiger partial charge in [0.15, 0.2) is 0 Å². The molecule has 25 heavy (non-hydrogen) atoms. The summed E-state index contributed by atoms with van der Waals surface area (Å²) in [4.78, 5) is 15.9. The zero-order valence-corrected chi connectivity index (χ0v) is 16.2. The van der Waals surface area contributed by atoms with Gasteiger partial charge in [-0.2, -0.15) is 0 Å². The molecule has 0 bridgehead atoms. The third kappa shape index (κ3) is 5.26. The zero-order valence-electron chi connectivity index (χ0n) is 15.4. The minimum absolute atomic E-state index is 0.292. The molecule has 1 heterocycles. The normalized spacial score (nSPS) is 9.32. The smallest absolute Gasteiger partial charge is 0.348 e. The van der Waals surface area contributed by atoms with Gasteiger partial charge in [0, 0.05) is 5.56 Å². The topological polar surface area (TPSA) is 50.2 Å². The van der Waals surface area contributed by atoms with Gasteiger partial charge in [0.25, 0.3) is 0 Å². The first kappa shape index (κ1) is 20.6. The molecule has 4 heteroatoms. The van der Waals surface area contributed by atoms with E-state index in [0.29, 0.717) is 10.6 Å². The number of carboxylic acids is 1. The predicted molar refractivity (Wildman–Crippen MR) is 107 cm³/mol. The van der Waals surface area contributed by atoms with Crippen molar-refractivity contribution in [1.82, 2.24) is 4.98 Å². The standard InChI is InChI=1S/C17H13NO2S.2C2H6/c1-11-18-15(16(21-11)17(19)20)14-9-7-13(8-10-14)12-5-3-2-4-6-12;2*1-2/h2-10H,1H3,(H,19,20);2*1-2H3. The second-order valence-corrected chi connectivity index (χ2v) is 5.86. The lowest BCUT2D eigenvalue weighted by atomic mass is 10.0. The highest BCUT2D eigenvalue weighted by Gasteiger charge is 2.17. The highest BCUT2D eigenvalue weighted by atomic mass is 32.1. The molecule has 0 spiro atoms. The second kappa shape index (κ2) is 10.4. The van der Waals surface area contributed by atoms with Crippen LogP contribution in [-0.2, 0) is 0 Å². The molecule has 3 nitrogen and oxygen atoms in total. The van der Waals surface area contributed by atoms with Crippen molar-refractivity contribution < 1.29 is 9.90 Å². The largest absolute Gasteiger partial charge is 0.477 e. The third-order valence-corrected chi connectivity index (χ3v) is 4.15. The Labute approximate surface area is 154 Å². The number of aryl methyl sites for hydroxylation is 1. The van der Waals surface area contributed by atoms with E-state index < -0.39 is 5.97 Å². The van der Waals surface area contributed by atoms with Crippen LogP contribution in [0.15, 0.2) is 54.6 Å². The van der Waals surface area contributed by atoms with Crippen molar-refractivity contribution in [2.75, 3.05) is 0 Å². The molecule has 0 aliphatic heterocycles. The number of rotatable bonds is 3. The fourth-order valence-electron chi connectivity index (χ4n) is 2.22. The fourth-order valence-corrected chi connectivity index (χ4v) is 3.00.